The molecule has 1 spiro atoms. The molecular weight excluding hydrogens is 290 g/mol. The number of imide groups is 1. The van der Waals surface area contributed by atoms with Gasteiger partial charge in [-0.3, -0.25) is 14.5 Å². The van der Waals surface area contributed by atoms with E-state index in [0.29, 0.717) is 12.2 Å². The Kier molecular flexibility index (Phi) is 5.30. The molecule has 1 saturated heterocycles. The maximum absolute atomic E-state index is 12.8. The Labute approximate surface area is 129 Å². The average Bonchev–Trinajstić information content (AvgIpc) is 2.61. The summed E-state index contributed by atoms with van der Waals surface area (Å²) in [5, 5.41) is 9.38. The highest BCUT2D eigenvalue weighted by atomic mass is 32.2. The Morgan fingerprint density at radius 3 is 2.43 bits per heavy atom. The smallest absolute Gasteiger partial charge is 0.326 e. The van der Waals surface area contributed by atoms with Crippen LogP contribution in [-0.2, 0) is 14.4 Å². The minimum Gasteiger partial charge on any atom is -0.480 e. The maximum Gasteiger partial charge on any atom is 0.326 e. The van der Waals surface area contributed by atoms with Crippen molar-refractivity contribution >= 4 is 29.5 Å². The van der Waals surface area contributed by atoms with Crippen LogP contribution < -0.4 is 0 Å². The van der Waals surface area contributed by atoms with Gasteiger partial charge < -0.3 is 5.11 Å². The SMILES string of the molecule is CSCCC(C(=O)O)N1C(=O)CC2(CCCCCC2)C1=O. The third-order valence-corrected chi connectivity index (χ3v) is 5.33. The fraction of sp³-hybridized carbons (Fsp3) is 0.800. The summed E-state index contributed by atoms with van der Waals surface area (Å²) < 4.78 is 0. The number of amides is 2. The van der Waals surface area contributed by atoms with Crippen LogP contribution in [0, 0.1) is 5.41 Å². The van der Waals surface area contributed by atoms with Gasteiger partial charge in [-0.25, -0.2) is 4.79 Å². The molecule has 1 aliphatic heterocycles. The third kappa shape index (κ3) is 3.25. The van der Waals surface area contributed by atoms with Gasteiger partial charge in [-0.15, -0.1) is 0 Å². The fourth-order valence-electron chi connectivity index (χ4n) is 3.52. The minimum absolute atomic E-state index is 0.203. The standard InChI is InChI=1S/C15H23NO4S/c1-21-9-6-11(13(18)19)16-12(17)10-15(14(16)20)7-4-2-3-5-8-15/h11H,2-10H2,1H3,(H,18,19). The molecule has 118 valence electrons. The van der Waals surface area contributed by atoms with Gasteiger partial charge in [0, 0.05) is 6.42 Å². The monoisotopic (exact) mass is 313 g/mol. The summed E-state index contributed by atoms with van der Waals surface area (Å²) in [7, 11) is 0. The van der Waals surface area contributed by atoms with Crippen molar-refractivity contribution < 1.29 is 19.5 Å². The summed E-state index contributed by atoms with van der Waals surface area (Å²) >= 11 is 1.53. The second-order valence-electron chi connectivity index (χ2n) is 6.08. The molecule has 21 heavy (non-hydrogen) atoms. The van der Waals surface area contributed by atoms with Gasteiger partial charge in [0.05, 0.1) is 5.41 Å². The van der Waals surface area contributed by atoms with E-state index < -0.39 is 17.4 Å². The first-order valence-electron chi connectivity index (χ1n) is 7.60. The predicted octanol–water partition coefficient (Wildman–Crippen LogP) is 2.29. The van der Waals surface area contributed by atoms with Crippen molar-refractivity contribution in [2.24, 2.45) is 5.41 Å². The third-order valence-electron chi connectivity index (χ3n) is 4.68. The first-order valence-corrected chi connectivity index (χ1v) is 8.99. The van der Waals surface area contributed by atoms with E-state index >= 15 is 0 Å². The van der Waals surface area contributed by atoms with Gasteiger partial charge in [0.15, 0.2) is 0 Å². The van der Waals surface area contributed by atoms with Crippen LogP contribution in [0.3, 0.4) is 0 Å². The highest BCUT2D eigenvalue weighted by Gasteiger charge is 2.53. The molecule has 6 heteroatoms. The molecule has 2 amide bonds. The van der Waals surface area contributed by atoms with Crippen molar-refractivity contribution in [1.82, 2.24) is 4.90 Å². The zero-order valence-electron chi connectivity index (χ0n) is 12.5. The normalized spacial score (nSPS) is 23.4. The number of carbonyl (C=O) groups excluding carboxylic acids is 2. The molecule has 0 aromatic carbocycles. The molecule has 0 radical (unpaired) electrons. The lowest BCUT2D eigenvalue weighted by Gasteiger charge is -2.27. The van der Waals surface area contributed by atoms with Gasteiger partial charge in [-0.2, -0.15) is 11.8 Å². The second-order valence-corrected chi connectivity index (χ2v) is 7.06. The van der Waals surface area contributed by atoms with E-state index in [-0.39, 0.29) is 18.2 Å². The van der Waals surface area contributed by atoms with Gasteiger partial charge in [0.2, 0.25) is 11.8 Å². The molecule has 1 unspecified atom stereocenters. The number of carbonyl (C=O) groups is 3. The highest BCUT2D eigenvalue weighted by Crippen LogP contribution is 2.45. The number of hydrogen-bond acceptors (Lipinski definition) is 4. The molecule has 1 heterocycles. The number of carboxylic acid groups (broad SMARTS) is 1. The van der Waals surface area contributed by atoms with E-state index in [4.69, 9.17) is 0 Å². The van der Waals surface area contributed by atoms with Gasteiger partial charge in [-0.1, -0.05) is 25.7 Å². The molecule has 1 atom stereocenters. The molecule has 2 rings (SSSR count). The number of likely N-dealkylation sites (tertiary alicyclic amines) is 1. The molecule has 0 bridgehead atoms. The summed E-state index contributed by atoms with van der Waals surface area (Å²) in [6.45, 7) is 0. The molecule has 0 aromatic heterocycles. The Bertz CT molecular complexity index is 429. The lowest BCUT2D eigenvalue weighted by Crippen LogP contribution is -2.47. The zero-order valence-corrected chi connectivity index (χ0v) is 13.3. The number of thioether (sulfide) groups is 1. The van der Waals surface area contributed by atoms with Crippen LogP contribution in [0.5, 0.6) is 0 Å². The first kappa shape index (κ1) is 16.3. The summed E-state index contributed by atoms with van der Waals surface area (Å²) in [5.41, 5.74) is -0.610. The van der Waals surface area contributed by atoms with Crippen LogP contribution in [-0.4, -0.2) is 45.8 Å². The summed E-state index contributed by atoms with van der Waals surface area (Å²) in [6, 6.07) is -1.000. The van der Waals surface area contributed by atoms with Crippen LogP contribution >= 0.6 is 11.8 Å². The molecule has 2 aliphatic rings. The van der Waals surface area contributed by atoms with Crippen LogP contribution in [0.1, 0.15) is 51.4 Å². The highest BCUT2D eigenvalue weighted by molar-refractivity contribution is 7.98. The van der Waals surface area contributed by atoms with E-state index in [1.165, 1.54) is 11.8 Å². The molecule has 1 saturated carbocycles. The van der Waals surface area contributed by atoms with Crippen LogP contribution in [0.25, 0.3) is 0 Å². The summed E-state index contributed by atoms with van der Waals surface area (Å²) in [5.74, 6) is -0.976. The Morgan fingerprint density at radius 2 is 1.90 bits per heavy atom. The summed E-state index contributed by atoms with van der Waals surface area (Å²) in [6.07, 6.45) is 7.96. The summed E-state index contributed by atoms with van der Waals surface area (Å²) in [4.78, 5) is 37.6. The quantitative estimate of drug-likeness (QED) is 0.788. The van der Waals surface area contributed by atoms with Crippen LogP contribution in [0.15, 0.2) is 0 Å². The van der Waals surface area contributed by atoms with E-state index in [1.807, 2.05) is 6.26 Å². The molecular formula is C15H23NO4S. The van der Waals surface area contributed by atoms with Crippen molar-refractivity contribution in [2.75, 3.05) is 12.0 Å². The molecule has 0 aromatic rings. The number of aliphatic carboxylic acids is 1. The Morgan fingerprint density at radius 1 is 1.29 bits per heavy atom. The van der Waals surface area contributed by atoms with E-state index in [9.17, 15) is 19.5 Å². The largest absolute Gasteiger partial charge is 0.480 e. The van der Waals surface area contributed by atoms with Gasteiger partial charge in [0.1, 0.15) is 6.04 Å². The Hall–Kier alpha value is -1.04. The van der Waals surface area contributed by atoms with E-state index in [2.05, 4.69) is 0 Å². The molecule has 5 nitrogen and oxygen atoms in total. The first-order chi connectivity index (χ1) is 10.0. The molecule has 1 aliphatic carbocycles. The van der Waals surface area contributed by atoms with Crippen molar-refractivity contribution in [3.63, 3.8) is 0 Å². The van der Waals surface area contributed by atoms with Gasteiger partial charge in [0.25, 0.3) is 0 Å². The van der Waals surface area contributed by atoms with Crippen molar-refractivity contribution in [3.05, 3.63) is 0 Å². The molecule has 2 fully saturated rings. The van der Waals surface area contributed by atoms with E-state index in [0.717, 1.165) is 43.4 Å². The Balaban J connectivity index is 2.21. The average molecular weight is 313 g/mol. The number of carboxylic acids is 1. The number of hydrogen-bond donors (Lipinski definition) is 1. The predicted molar refractivity (Wildman–Crippen MR) is 81.0 cm³/mol. The fourth-order valence-corrected chi connectivity index (χ4v) is 3.98. The maximum atomic E-state index is 12.8. The second kappa shape index (κ2) is 6.81. The van der Waals surface area contributed by atoms with Crippen molar-refractivity contribution in [3.8, 4) is 0 Å². The minimum atomic E-state index is -1.07. The lowest BCUT2D eigenvalue weighted by molar-refractivity contribution is -0.156. The lowest BCUT2D eigenvalue weighted by atomic mass is 9.79. The molecule has 1 N–H and O–H groups in total. The number of nitrogens with zero attached hydrogens (tertiary/aromatic N) is 1. The zero-order chi connectivity index (χ0) is 15.5. The topological polar surface area (TPSA) is 74.7 Å². The van der Waals surface area contributed by atoms with Crippen molar-refractivity contribution in [1.29, 1.82) is 0 Å². The van der Waals surface area contributed by atoms with E-state index in [1.54, 1.807) is 0 Å². The number of rotatable bonds is 5. The van der Waals surface area contributed by atoms with Crippen LogP contribution in [0.4, 0.5) is 0 Å². The van der Waals surface area contributed by atoms with Gasteiger partial charge in [-0.05, 0) is 31.3 Å². The van der Waals surface area contributed by atoms with Gasteiger partial charge >= 0.3 is 5.97 Å². The van der Waals surface area contributed by atoms with Crippen LogP contribution in [0.2, 0.25) is 0 Å². The van der Waals surface area contributed by atoms with Crippen molar-refractivity contribution in [2.45, 2.75) is 57.4 Å².